The maximum Gasteiger partial charge on any atom is 0.255 e. The highest BCUT2D eigenvalue weighted by Crippen LogP contribution is 2.35. The summed E-state index contributed by atoms with van der Waals surface area (Å²) >= 11 is 0. The fourth-order valence-electron chi connectivity index (χ4n) is 3.79. The molecule has 7 nitrogen and oxygen atoms in total. The van der Waals surface area contributed by atoms with E-state index >= 15 is 0 Å². The van der Waals surface area contributed by atoms with E-state index in [1.54, 1.807) is 4.90 Å². The molecular weight excluding hydrogens is 332 g/mol. The zero-order valence-corrected chi connectivity index (χ0v) is 14.7. The number of fused-ring (bicyclic) bond motifs is 1. The zero-order chi connectivity index (χ0) is 18.3. The van der Waals surface area contributed by atoms with Crippen LogP contribution < -0.4 is 16.4 Å². The van der Waals surface area contributed by atoms with Crippen molar-refractivity contribution in [3.05, 3.63) is 34.9 Å². The average molecular weight is 356 g/mol. The molecule has 2 aliphatic heterocycles. The predicted molar refractivity (Wildman–Crippen MR) is 95.0 cm³/mol. The topological polar surface area (TPSA) is 105 Å². The number of nitrogens with one attached hydrogen (secondary N) is 2. The largest absolute Gasteiger partial charge is 0.325 e. The van der Waals surface area contributed by atoms with Gasteiger partial charge in [-0.25, -0.2) is 0 Å². The highest BCUT2D eigenvalue weighted by molar-refractivity contribution is 6.05. The SMILES string of the molecule is NC1(CCNCc2cccc3c2CN(C2CCC(=O)NC2=O)C3=O)CC1. The van der Waals surface area contributed by atoms with E-state index in [-0.39, 0.29) is 29.7 Å². The minimum atomic E-state index is -0.569. The zero-order valence-electron chi connectivity index (χ0n) is 14.7. The van der Waals surface area contributed by atoms with E-state index in [4.69, 9.17) is 5.73 Å². The van der Waals surface area contributed by atoms with Crippen molar-refractivity contribution in [2.24, 2.45) is 5.73 Å². The lowest BCUT2D eigenvalue weighted by molar-refractivity contribution is -0.136. The number of nitrogens with zero attached hydrogens (tertiary/aromatic N) is 1. The molecule has 3 aliphatic rings. The van der Waals surface area contributed by atoms with Crippen LogP contribution in [0.5, 0.6) is 0 Å². The van der Waals surface area contributed by atoms with Gasteiger partial charge in [0, 0.05) is 30.6 Å². The molecule has 2 heterocycles. The maximum absolute atomic E-state index is 12.8. The van der Waals surface area contributed by atoms with Crippen molar-refractivity contribution in [3.63, 3.8) is 0 Å². The number of piperidine rings is 1. The normalized spacial score (nSPS) is 23.8. The molecule has 1 aliphatic carbocycles. The van der Waals surface area contributed by atoms with E-state index in [1.807, 2.05) is 18.2 Å². The van der Waals surface area contributed by atoms with Crippen LogP contribution in [0.4, 0.5) is 0 Å². The van der Waals surface area contributed by atoms with E-state index in [1.165, 1.54) is 0 Å². The summed E-state index contributed by atoms with van der Waals surface area (Å²) in [7, 11) is 0. The molecular formula is C19H24N4O3. The van der Waals surface area contributed by atoms with Crippen LogP contribution in [0.25, 0.3) is 0 Å². The van der Waals surface area contributed by atoms with Gasteiger partial charge in [-0.3, -0.25) is 19.7 Å². The second kappa shape index (κ2) is 6.48. The number of nitrogens with two attached hydrogens (primary N) is 1. The summed E-state index contributed by atoms with van der Waals surface area (Å²) in [6, 6.07) is 5.14. The molecule has 7 heteroatoms. The quantitative estimate of drug-likeness (QED) is 0.506. The molecule has 1 atom stereocenters. The van der Waals surface area contributed by atoms with E-state index in [9.17, 15) is 14.4 Å². The molecule has 26 heavy (non-hydrogen) atoms. The first-order chi connectivity index (χ1) is 12.5. The Bertz CT molecular complexity index is 772. The lowest BCUT2D eigenvalue weighted by Crippen LogP contribution is -2.52. The Balaban J connectivity index is 1.43. The van der Waals surface area contributed by atoms with Crippen molar-refractivity contribution in [1.29, 1.82) is 0 Å². The average Bonchev–Trinajstić information content (AvgIpc) is 3.25. The van der Waals surface area contributed by atoms with E-state index in [2.05, 4.69) is 10.6 Å². The smallest absolute Gasteiger partial charge is 0.255 e. The van der Waals surface area contributed by atoms with Gasteiger partial charge in [0.05, 0.1) is 0 Å². The van der Waals surface area contributed by atoms with Crippen molar-refractivity contribution in [1.82, 2.24) is 15.5 Å². The molecule has 1 aromatic carbocycles. The van der Waals surface area contributed by atoms with Gasteiger partial charge in [-0.1, -0.05) is 12.1 Å². The molecule has 4 N–H and O–H groups in total. The Morgan fingerprint density at radius 2 is 2.08 bits per heavy atom. The van der Waals surface area contributed by atoms with Crippen molar-refractivity contribution >= 4 is 17.7 Å². The Hall–Kier alpha value is -2.25. The molecule has 1 saturated heterocycles. The van der Waals surface area contributed by atoms with Crippen molar-refractivity contribution in [3.8, 4) is 0 Å². The molecule has 1 unspecified atom stereocenters. The van der Waals surface area contributed by atoms with Crippen LogP contribution in [0.15, 0.2) is 18.2 Å². The summed E-state index contributed by atoms with van der Waals surface area (Å²) < 4.78 is 0. The first-order valence-corrected chi connectivity index (χ1v) is 9.22. The van der Waals surface area contributed by atoms with Gasteiger partial charge in [-0.05, 0) is 49.4 Å². The van der Waals surface area contributed by atoms with Crippen molar-refractivity contribution in [2.75, 3.05) is 6.54 Å². The van der Waals surface area contributed by atoms with Crippen LogP contribution in [0.1, 0.15) is 53.6 Å². The molecule has 138 valence electrons. The summed E-state index contributed by atoms with van der Waals surface area (Å²) in [6.45, 7) is 1.94. The second-order valence-electron chi connectivity index (χ2n) is 7.63. The molecule has 1 saturated carbocycles. The second-order valence-corrected chi connectivity index (χ2v) is 7.63. The summed E-state index contributed by atoms with van der Waals surface area (Å²) in [6.07, 6.45) is 3.82. The Morgan fingerprint density at radius 3 is 2.81 bits per heavy atom. The minimum absolute atomic E-state index is 0.0319. The number of hydrogen-bond donors (Lipinski definition) is 3. The van der Waals surface area contributed by atoms with Crippen molar-refractivity contribution in [2.45, 2.75) is 56.8 Å². The Morgan fingerprint density at radius 1 is 1.27 bits per heavy atom. The lowest BCUT2D eigenvalue weighted by atomic mass is 10.0. The third kappa shape index (κ3) is 3.24. The summed E-state index contributed by atoms with van der Waals surface area (Å²) in [5.41, 5.74) is 8.85. The van der Waals surface area contributed by atoms with Crippen LogP contribution in [0.3, 0.4) is 0 Å². The number of benzene rings is 1. The van der Waals surface area contributed by atoms with E-state index in [0.29, 0.717) is 25.1 Å². The summed E-state index contributed by atoms with van der Waals surface area (Å²) in [5.74, 6) is -0.774. The number of amides is 3. The number of rotatable bonds is 6. The third-order valence-corrected chi connectivity index (χ3v) is 5.69. The van der Waals surface area contributed by atoms with Crippen LogP contribution in [0.2, 0.25) is 0 Å². The standard InChI is InChI=1S/C19H24N4O3/c20-19(6-7-19)8-9-21-10-12-2-1-3-13-14(12)11-23(18(13)26)15-4-5-16(24)22-17(15)25/h1-3,15,21H,4-11,20H2,(H,22,24,25). The summed E-state index contributed by atoms with van der Waals surface area (Å²) in [4.78, 5) is 37.9. The lowest BCUT2D eigenvalue weighted by Gasteiger charge is -2.29. The molecule has 4 rings (SSSR count). The molecule has 2 fully saturated rings. The molecule has 1 aromatic rings. The minimum Gasteiger partial charge on any atom is -0.325 e. The highest BCUT2D eigenvalue weighted by atomic mass is 16.2. The molecule has 0 bridgehead atoms. The number of carbonyl (C=O) groups is 3. The van der Waals surface area contributed by atoms with Crippen LogP contribution in [-0.4, -0.2) is 40.7 Å². The van der Waals surface area contributed by atoms with Crippen LogP contribution >= 0.6 is 0 Å². The molecule has 0 radical (unpaired) electrons. The van der Waals surface area contributed by atoms with Crippen molar-refractivity contribution < 1.29 is 14.4 Å². The molecule has 0 aromatic heterocycles. The third-order valence-electron chi connectivity index (χ3n) is 5.69. The summed E-state index contributed by atoms with van der Waals surface area (Å²) in [5, 5.41) is 5.75. The molecule has 0 spiro atoms. The highest BCUT2D eigenvalue weighted by Gasteiger charge is 2.40. The van der Waals surface area contributed by atoms with Gasteiger partial charge in [0.2, 0.25) is 11.8 Å². The molecule has 3 amide bonds. The van der Waals surface area contributed by atoms with Gasteiger partial charge in [0.1, 0.15) is 6.04 Å². The Labute approximate surface area is 152 Å². The fourth-order valence-corrected chi connectivity index (χ4v) is 3.79. The Kier molecular flexibility index (Phi) is 4.28. The number of imide groups is 1. The first kappa shape index (κ1) is 17.2. The predicted octanol–water partition coefficient (Wildman–Crippen LogP) is 0.419. The van der Waals surface area contributed by atoms with E-state index < -0.39 is 6.04 Å². The number of carbonyl (C=O) groups excluding carboxylic acids is 3. The van der Waals surface area contributed by atoms with Gasteiger partial charge in [-0.15, -0.1) is 0 Å². The fraction of sp³-hybridized carbons (Fsp3) is 0.526. The number of hydrogen-bond acceptors (Lipinski definition) is 5. The van der Waals surface area contributed by atoms with Gasteiger partial charge in [-0.2, -0.15) is 0 Å². The van der Waals surface area contributed by atoms with E-state index in [0.717, 1.165) is 36.9 Å². The van der Waals surface area contributed by atoms with Crippen LogP contribution in [0, 0.1) is 0 Å². The maximum atomic E-state index is 12.8. The monoisotopic (exact) mass is 356 g/mol. The van der Waals surface area contributed by atoms with Gasteiger partial charge in [0.15, 0.2) is 0 Å². The van der Waals surface area contributed by atoms with Gasteiger partial charge in [0.25, 0.3) is 5.91 Å². The first-order valence-electron chi connectivity index (χ1n) is 9.22. The van der Waals surface area contributed by atoms with Gasteiger partial charge < -0.3 is 16.0 Å². The van der Waals surface area contributed by atoms with Gasteiger partial charge >= 0.3 is 0 Å². The van der Waals surface area contributed by atoms with Crippen LogP contribution in [-0.2, 0) is 22.7 Å².